The second kappa shape index (κ2) is 6.43. The van der Waals surface area contributed by atoms with Crippen LogP contribution in [0.15, 0.2) is 12.3 Å². The molecule has 8 nitrogen and oxygen atoms in total. The number of nitrogen functional groups attached to an aromatic ring is 1. The van der Waals surface area contributed by atoms with Crippen molar-refractivity contribution in [3.05, 3.63) is 17.8 Å². The minimum absolute atomic E-state index is 0.00479. The number of carbonyl (C=O) groups is 2. The summed E-state index contributed by atoms with van der Waals surface area (Å²) in [5.74, 6) is -0.713. The Kier molecular flexibility index (Phi) is 4.92. The van der Waals surface area contributed by atoms with E-state index in [1.165, 1.54) is 17.2 Å². The van der Waals surface area contributed by atoms with E-state index in [2.05, 4.69) is 15.6 Å². The zero-order valence-corrected chi connectivity index (χ0v) is 10.8. The topological polar surface area (TPSA) is 121 Å². The number of pyridine rings is 1. The Morgan fingerprint density at radius 3 is 2.68 bits per heavy atom. The third-order valence-corrected chi connectivity index (χ3v) is 2.28. The van der Waals surface area contributed by atoms with Crippen molar-refractivity contribution < 1.29 is 14.7 Å². The van der Waals surface area contributed by atoms with Crippen LogP contribution in [-0.4, -0.2) is 54.2 Å². The molecule has 0 spiro atoms. The highest BCUT2D eigenvalue weighted by Gasteiger charge is 2.09. The molecule has 0 fully saturated rings. The van der Waals surface area contributed by atoms with Gasteiger partial charge in [0.2, 0.25) is 0 Å². The Bertz CT molecular complexity index is 475. The second-order valence-electron chi connectivity index (χ2n) is 4.02. The molecule has 1 heterocycles. The zero-order valence-electron chi connectivity index (χ0n) is 10.8. The van der Waals surface area contributed by atoms with Gasteiger partial charge in [-0.15, -0.1) is 0 Å². The largest absolute Gasteiger partial charge is 0.478 e. The fourth-order valence-electron chi connectivity index (χ4n) is 1.27. The fraction of sp³-hybridized carbons (Fsp3) is 0.364. The van der Waals surface area contributed by atoms with Gasteiger partial charge in [0, 0.05) is 27.2 Å². The first-order valence-corrected chi connectivity index (χ1v) is 5.59. The van der Waals surface area contributed by atoms with Crippen LogP contribution in [0.2, 0.25) is 0 Å². The van der Waals surface area contributed by atoms with Gasteiger partial charge in [-0.05, 0) is 6.07 Å². The minimum Gasteiger partial charge on any atom is -0.478 e. The zero-order chi connectivity index (χ0) is 14.4. The van der Waals surface area contributed by atoms with E-state index in [0.29, 0.717) is 18.9 Å². The predicted octanol–water partition coefficient (Wildman–Crippen LogP) is 0.0451. The van der Waals surface area contributed by atoms with Gasteiger partial charge in [-0.3, -0.25) is 0 Å². The molecule has 104 valence electrons. The van der Waals surface area contributed by atoms with Crippen molar-refractivity contribution >= 4 is 23.5 Å². The molecule has 2 amide bonds. The summed E-state index contributed by atoms with van der Waals surface area (Å²) in [6.45, 7) is 0.820. The number of anilines is 2. The van der Waals surface area contributed by atoms with Crippen LogP contribution in [0, 0.1) is 0 Å². The molecule has 1 aromatic rings. The Morgan fingerprint density at radius 2 is 2.11 bits per heavy atom. The molecule has 1 rings (SSSR count). The molecule has 0 aliphatic carbocycles. The van der Waals surface area contributed by atoms with E-state index in [9.17, 15) is 9.59 Å². The maximum Gasteiger partial charge on any atom is 0.337 e. The second-order valence-corrected chi connectivity index (χ2v) is 4.02. The molecule has 0 saturated carbocycles. The van der Waals surface area contributed by atoms with Gasteiger partial charge in [0.25, 0.3) is 0 Å². The Balaban J connectivity index is 2.48. The fourth-order valence-corrected chi connectivity index (χ4v) is 1.27. The number of hydrogen-bond acceptors (Lipinski definition) is 5. The van der Waals surface area contributed by atoms with Crippen molar-refractivity contribution in [1.29, 1.82) is 0 Å². The number of carboxylic acids is 1. The first kappa shape index (κ1) is 14.6. The summed E-state index contributed by atoms with van der Waals surface area (Å²) in [7, 11) is 3.28. The van der Waals surface area contributed by atoms with Crippen LogP contribution in [0.5, 0.6) is 0 Å². The number of nitrogens with two attached hydrogens (primary N) is 1. The molecule has 0 atom stereocenters. The van der Waals surface area contributed by atoms with E-state index >= 15 is 0 Å². The van der Waals surface area contributed by atoms with E-state index in [1.54, 1.807) is 14.1 Å². The SMILES string of the molecule is CN(C)C(=O)NCCNc1cc(C(=O)O)c(N)cn1. The van der Waals surface area contributed by atoms with Crippen molar-refractivity contribution in [1.82, 2.24) is 15.2 Å². The van der Waals surface area contributed by atoms with E-state index in [1.807, 2.05) is 0 Å². The molecule has 0 aliphatic rings. The van der Waals surface area contributed by atoms with Gasteiger partial charge in [-0.2, -0.15) is 0 Å². The number of carboxylic acid groups (broad SMARTS) is 1. The smallest absolute Gasteiger partial charge is 0.337 e. The number of hydrogen-bond donors (Lipinski definition) is 4. The van der Waals surface area contributed by atoms with Gasteiger partial charge in [-0.1, -0.05) is 0 Å². The highest BCUT2D eigenvalue weighted by atomic mass is 16.4. The van der Waals surface area contributed by atoms with Gasteiger partial charge in [0.1, 0.15) is 5.82 Å². The number of rotatable bonds is 5. The first-order chi connectivity index (χ1) is 8.91. The molecule has 19 heavy (non-hydrogen) atoms. The third-order valence-electron chi connectivity index (χ3n) is 2.28. The summed E-state index contributed by atoms with van der Waals surface area (Å²) in [6, 6.07) is 1.16. The summed E-state index contributed by atoms with van der Waals surface area (Å²) in [5.41, 5.74) is 5.59. The number of urea groups is 1. The average molecular weight is 267 g/mol. The molecule has 0 unspecified atom stereocenters. The normalized spacial score (nSPS) is 9.79. The van der Waals surface area contributed by atoms with Crippen LogP contribution >= 0.6 is 0 Å². The summed E-state index contributed by atoms with van der Waals surface area (Å²) in [5, 5.41) is 14.5. The molecule has 0 saturated heterocycles. The third kappa shape index (κ3) is 4.34. The highest BCUT2D eigenvalue weighted by Crippen LogP contribution is 2.14. The lowest BCUT2D eigenvalue weighted by Crippen LogP contribution is -2.37. The average Bonchev–Trinajstić information content (AvgIpc) is 2.35. The molecular weight excluding hydrogens is 250 g/mol. The van der Waals surface area contributed by atoms with Crippen LogP contribution in [-0.2, 0) is 0 Å². The van der Waals surface area contributed by atoms with E-state index in [-0.39, 0.29) is 17.3 Å². The molecular formula is C11H17N5O3. The number of nitrogens with zero attached hydrogens (tertiary/aromatic N) is 2. The maximum atomic E-state index is 11.2. The number of amides is 2. The number of nitrogens with one attached hydrogen (secondary N) is 2. The number of carbonyl (C=O) groups excluding carboxylic acids is 1. The van der Waals surface area contributed by atoms with Gasteiger partial charge in [-0.25, -0.2) is 14.6 Å². The van der Waals surface area contributed by atoms with Gasteiger partial charge in [0.05, 0.1) is 17.4 Å². The van der Waals surface area contributed by atoms with E-state index < -0.39 is 5.97 Å². The summed E-state index contributed by atoms with van der Waals surface area (Å²) in [4.78, 5) is 27.5. The van der Waals surface area contributed by atoms with E-state index in [4.69, 9.17) is 10.8 Å². The summed E-state index contributed by atoms with van der Waals surface area (Å²) < 4.78 is 0. The lowest BCUT2D eigenvalue weighted by Gasteiger charge is -2.12. The highest BCUT2D eigenvalue weighted by molar-refractivity contribution is 5.94. The Labute approximate surface area is 110 Å². The van der Waals surface area contributed by atoms with Crippen molar-refractivity contribution in [3.63, 3.8) is 0 Å². The minimum atomic E-state index is -1.11. The predicted molar refractivity (Wildman–Crippen MR) is 71.2 cm³/mol. The molecule has 0 aliphatic heterocycles. The first-order valence-electron chi connectivity index (χ1n) is 5.59. The van der Waals surface area contributed by atoms with Crippen LogP contribution < -0.4 is 16.4 Å². The number of aromatic nitrogens is 1. The molecule has 5 N–H and O–H groups in total. The van der Waals surface area contributed by atoms with Crippen LogP contribution in [0.1, 0.15) is 10.4 Å². The summed E-state index contributed by atoms with van der Waals surface area (Å²) in [6.07, 6.45) is 1.28. The van der Waals surface area contributed by atoms with Crippen molar-refractivity contribution in [2.24, 2.45) is 0 Å². The molecule has 0 bridgehead atoms. The number of aromatic carboxylic acids is 1. The lowest BCUT2D eigenvalue weighted by molar-refractivity contribution is 0.0698. The quantitative estimate of drug-likeness (QED) is 0.559. The van der Waals surface area contributed by atoms with Crippen molar-refractivity contribution in [2.45, 2.75) is 0 Å². The van der Waals surface area contributed by atoms with Gasteiger partial charge >= 0.3 is 12.0 Å². The van der Waals surface area contributed by atoms with Crippen molar-refractivity contribution in [2.75, 3.05) is 38.2 Å². The molecule has 1 aromatic heterocycles. The van der Waals surface area contributed by atoms with Crippen LogP contribution in [0.4, 0.5) is 16.3 Å². The monoisotopic (exact) mass is 267 g/mol. The van der Waals surface area contributed by atoms with E-state index in [0.717, 1.165) is 0 Å². The Hall–Kier alpha value is -2.51. The molecule has 0 aromatic carbocycles. The van der Waals surface area contributed by atoms with Crippen LogP contribution in [0.3, 0.4) is 0 Å². The Morgan fingerprint density at radius 1 is 1.42 bits per heavy atom. The summed E-state index contributed by atoms with van der Waals surface area (Å²) >= 11 is 0. The van der Waals surface area contributed by atoms with Crippen molar-refractivity contribution in [3.8, 4) is 0 Å². The molecule has 0 radical (unpaired) electrons. The van der Waals surface area contributed by atoms with Gasteiger partial charge < -0.3 is 26.4 Å². The lowest BCUT2D eigenvalue weighted by atomic mass is 10.2. The standard InChI is InChI=1S/C11H17N5O3/c1-16(2)11(19)14-4-3-13-9-5-7(10(17)18)8(12)6-15-9/h5-6H,3-4,12H2,1-2H3,(H,13,15)(H,14,19)(H,17,18). The molecule has 8 heteroatoms. The van der Waals surface area contributed by atoms with Gasteiger partial charge in [0.15, 0.2) is 0 Å². The van der Waals surface area contributed by atoms with Crippen LogP contribution in [0.25, 0.3) is 0 Å². The maximum absolute atomic E-state index is 11.2.